The van der Waals surface area contributed by atoms with E-state index in [-0.39, 0.29) is 11.9 Å². The number of hydrogen-bond donors (Lipinski definition) is 1. The van der Waals surface area contributed by atoms with Crippen molar-refractivity contribution in [1.82, 2.24) is 5.32 Å². The maximum absolute atomic E-state index is 13.0. The van der Waals surface area contributed by atoms with E-state index in [1.54, 1.807) is 0 Å². The largest absolute Gasteiger partial charge is 0.451 e. The summed E-state index contributed by atoms with van der Waals surface area (Å²) in [5.41, 5.74) is 3.64. The minimum absolute atomic E-state index is 0.212. The van der Waals surface area contributed by atoms with E-state index < -0.39 is 0 Å². The first-order valence-electron chi connectivity index (χ1n) is 8.63. The molecule has 0 aliphatic heterocycles. The SMILES string of the molecule is Cc1c(C(=O)NC(c2ccccc2)c2ccccc2)oc2ccccc12. The van der Waals surface area contributed by atoms with Gasteiger partial charge in [-0.1, -0.05) is 78.9 Å². The maximum Gasteiger partial charge on any atom is 0.288 e. The summed E-state index contributed by atoms with van der Waals surface area (Å²) >= 11 is 0. The molecule has 26 heavy (non-hydrogen) atoms. The molecule has 0 saturated carbocycles. The lowest BCUT2D eigenvalue weighted by Crippen LogP contribution is -2.29. The zero-order valence-corrected chi connectivity index (χ0v) is 14.5. The summed E-state index contributed by atoms with van der Waals surface area (Å²) in [7, 11) is 0. The second kappa shape index (κ2) is 6.89. The normalized spacial score (nSPS) is 11.0. The lowest BCUT2D eigenvalue weighted by Gasteiger charge is -2.19. The highest BCUT2D eigenvalue weighted by Gasteiger charge is 2.22. The van der Waals surface area contributed by atoms with Gasteiger partial charge in [0.05, 0.1) is 6.04 Å². The highest BCUT2D eigenvalue weighted by molar-refractivity contribution is 5.99. The Morgan fingerprint density at radius 1 is 0.808 bits per heavy atom. The minimum Gasteiger partial charge on any atom is -0.451 e. The molecule has 0 bridgehead atoms. The molecule has 1 heterocycles. The van der Waals surface area contributed by atoms with Crippen LogP contribution in [0.1, 0.15) is 33.3 Å². The molecule has 0 atom stereocenters. The van der Waals surface area contributed by atoms with E-state index in [0.29, 0.717) is 5.76 Å². The number of para-hydroxylation sites is 1. The van der Waals surface area contributed by atoms with Crippen LogP contribution >= 0.6 is 0 Å². The van der Waals surface area contributed by atoms with Crippen molar-refractivity contribution in [3.63, 3.8) is 0 Å². The topological polar surface area (TPSA) is 42.2 Å². The van der Waals surface area contributed by atoms with Gasteiger partial charge in [-0.15, -0.1) is 0 Å². The summed E-state index contributed by atoms with van der Waals surface area (Å²) in [5.74, 6) is 0.152. The van der Waals surface area contributed by atoms with E-state index >= 15 is 0 Å². The molecule has 0 fully saturated rings. The third-order valence-corrected chi connectivity index (χ3v) is 4.59. The summed E-state index contributed by atoms with van der Waals surface area (Å²) in [4.78, 5) is 13.0. The molecule has 0 saturated heterocycles. The first kappa shape index (κ1) is 16.2. The highest BCUT2D eigenvalue weighted by atomic mass is 16.3. The number of rotatable bonds is 4. The minimum atomic E-state index is -0.238. The molecule has 0 spiro atoms. The van der Waals surface area contributed by atoms with E-state index in [2.05, 4.69) is 5.32 Å². The average Bonchev–Trinajstić information content (AvgIpc) is 3.04. The summed E-state index contributed by atoms with van der Waals surface area (Å²) in [5, 5.41) is 4.10. The molecular weight excluding hydrogens is 322 g/mol. The highest BCUT2D eigenvalue weighted by Crippen LogP contribution is 2.27. The summed E-state index contributed by atoms with van der Waals surface area (Å²) < 4.78 is 5.82. The quantitative estimate of drug-likeness (QED) is 0.550. The van der Waals surface area contributed by atoms with Gasteiger partial charge < -0.3 is 9.73 Å². The first-order valence-corrected chi connectivity index (χ1v) is 8.63. The zero-order valence-electron chi connectivity index (χ0n) is 14.5. The van der Waals surface area contributed by atoms with Crippen LogP contribution in [0.2, 0.25) is 0 Å². The van der Waals surface area contributed by atoms with Gasteiger partial charge in [-0.05, 0) is 24.1 Å². The van der Waals surface area contributed by atoms with Crippen molar-refractivity contribution in [2.24, 2.45) is 0 Å². The van der Waals surface area contributed by atoms with E-state index in [0.717, 1.165) is 27.7 Å². The second-order valence-electron chi connectivity index (χ2n) is 6.28. The van der Waals surface area contributed by atoms with Gasteiger partial charge in [-0.25, -0.2) is 0 Å². The molecule has 4 aromatic rings. The number of hydrogen-bond acceptors (Lipinski definition) is 2. The van der Waals surface area contributed by atoms with Gasteiger partial charge in [0, 0.05) is 10.9 Å². The Hall–Kier alpha value is -3.33. The van der Waals surface area contributed by atoms with Crippen molar-refractivity contribution < 1.29 is 9.21 Å². The third kappa shape index (κ3) is 3.00. The molecule has 0 unspecified atom stereocenters. The number of benzene rings is 3. The van der Waals surface area contributed by atoms with Gasteiger partial charge >= 0.3 is 0 Å². The smallest absolute Gasteiger partial charge is 0.288 e. The van der Waals surface area contributed by atoms with Gasteiger partial charge in [0.2, 0.25) is 0 Å². The number of amides is 1. The van der Waals surface area contributed by atoms with Gasteiger partial charge in [-0.3, -0.25) is 4.79 Å². The summed E-state index contributed by atoms with van der Waals surface area (Å²) in [6.07, 6.45) is 0. The Bertz CT molecular complexity index is 996. The second-order valence-corrected chi connectivity index (χ2v) is 6.28. The van der Waals surface area contributed by atoms with Crippen LogP contribution in [0.25, 0.3) is 11.0 Å². The molecule has 1 amide bonds. The lowest BCUT2D eigenvalue weighted by molar-refractivity contribution is 0.0916. The van der Waals surface area contributed by atoms with Crippen LogP contribution in [0.3, 0.4) is 0 Å². The lowest BCUT2D eigenvalue weighted by atomic mass is 9.98. The van der Waals surface area contributed by atoms with E-state index in [1.807, 2.05) is 91.9 Å². The standard InChI is InChI=1S/C23H19NO2/c1-16-19-14-8-9-15-20(19)26-22(16)23(25)24-21(17-10-4-2-5-11-17)18-12-6-3-7-13-18/h2-15,21H,1H3,(H,24,25). The number of nitrogens with one attached hydrogen (secondary N) is 1. The molecular formula is C23H19NO2. The maximum atomic E-state index is 13.0. The van der Waals surface area contributed by atoms with Crippen LogP contribution < -0.4 is 5.32 Å². The number of fused-ring (bicyclic) bond motifs is 1. The molecule has 0 aliphatic rings. The van der Waals surface area contributed by atoms with Gasteiger partial charge in [0.1, 0.15) is 5.58 Å². The first-order chi connectivity index (χ1) is 12.7. The predicted molar refractivity (Wildman–Crippen MR) is 103 cm³/mol. The molecule has 1 aromatic heterocycles. The number of carbonyl (C=O) groups is 1. The van der Waals surface area contributed by atoms with Crippen molar-refractivity contribution >= 4 is 16.9 Å². The third-order valence-electron chi connectivity index (χ3n) is 4.59. The molecule has 3 heteroatoms. The van der Waals surface area contributed by atoms with Crippen LogP contribution in [0.4, 0.5) is 0 Å². The Balaban J connectivity index is 1.71. The monoisotopic (exact) mass is 341 g/mol. The Kier molecular flexibility index (Phi) is 4.28. The van der Waals surface area contributed by atoms with Crippen LogP contribution in [-0.2, 0) is 0 Å². The number of carbonyl (C=O) groups excluding carboxylic acids is 1. The molecule has 4 rings (SSSR count). The molecule has 0 radical (unpaired) electrons. The van der Waals surface area contributed by atoms with Crippen LogP contribution in [-0.4, -0.2) is 5.91 Å². The summed E-state index contributed by atoms with van der Waals surface area (Å²) in [6, 6.07) is 27.4. The number of furan rings is 1. The fraction of sp³-hybridized carbons (Fsp3) is 0.0870. The van der Waals surface area contributed by atoms with Crippen molar-refractivity contribution in [3.05, 3.63) is 107 Å². The molecule has 3 aromatic carbocycles. The Morgan fingerprint density at radius 2 is 1.35 bits per heavy atom. The fourth-order valence-corrected chi connectivity index (χ4v) is 3.24. The number of aryl methyl sites for hydroxylation is 1. The van der Waals surface area contributed by atoms with Crippen LogP contribution in [0.5, 0.6) is 0 Å². The van der Waals surface area contributed by atoms with Crippen molar-refractivity contribution in [1.29, 1.82) is 0 Å². The van der Waals surface area contributed by atoms with E-state index in [4.69, 9.17) is 4.42 Å². The average molecular weight is 341 g/mol. The van der Waals surface area contributed by atoms with Crippen molar-refractivity contribution in [3.8, 4) is 0 Å². The molecule has 128 valence electrons. The van der Waals surface area contributed by atoms with Crippen LogP contribution in [0.15, 0.2) is 89.3 Å². The van der Waals surface area contributed by atoms with Crippen molar-refractivity contribution in [2.75, 3.05) is 0 Å². The fourth-order valence-electron chi connectivity index (χ4n) is 3.24. The van der Waals surface area contributed by atoms with Gasteiger partial charge in [0.25, 0.3) is 5.91 Å². The Morgan fingerprint density at radius 3 is 1.92 bits per heavy atom. The predicted octanol–water partition coefficient (Wildman–Crippen LogP) is 5.26. The molecule has 3 nitrogen and oxygen atoms in total. The van der Waals surface area contributed by atoms with E-state index in [1.165, 1.54) is 0 Å². The molecule has 0 aliphatic carbocycles. The van der Waals surface area contributed by atoms with E-state index in [9.17, 15) is 4.79 Å². The summed E-state index contributed by atoms with van der Waals surface area (Å²) in [6.45, 7) is 1.92. The van der Waals surface area contributed by atoms with Crippen LogP contribution in [0, 0.1) is 6.92 Å². The Labute approximate surface area is 152 Å². The van der Waals surface area contributed by atoms with Crippen molar-refractivity contribution in [2.45, 2.75) is 13.0 Å². The van der Waals surface area contributed by atoms with Gasteiger partial charge in [0.15, 0.2) is 5.76 Å². The zero-order chi connectivity index (χ0) is 17.9. The van der Waals surface area contributed by atoms with Gasteiger partial charge in [-0.2, -0.15) is 0 Å². The molecule has 1 N–H and O–H groups in total.